The number of unbranched alkanes of at least 4 members (excludes halogenated alkanes) is 9. The van der Waals surface area contributed by atoms with E-state index in [1.54, 1.807) is 0 Å². The molecular formula is C52H69B2NO6. The first-order valence-electron chi connectivity index (χ1n) is 23.0. The molecule has 3 aliphatic rings. The number of rotatable bonds is 17. The molecule has 2 fully saturated rings. The van der Waals surface area contributed by atoms with Crippen LogP contribution in [0, 0.1) is 0 Å². The molecule has 0 aliphatic carbocycles. The molecule has 3 heterocycles. The number of anilines is 3. The standard InChI is InChI=1S/C52H69B2NO6/c1-12-13-14-15-16-17-18-19-20-21-34-57-42-30-24-38(25-31-42)47(56)37-22-28-41(29-23-37)55-45-32-26-39(53-58-49(4,5)50(6,7)59-53)35-43(45)48(2,3)44-36-40(27-33-46(44)55)54-60-51(8,9)52(10,11)61-54/h22-33,35-36H,12-21,34H2,1-11H3. The Labute approximate surface area is 367 Å². The minimum atomic E-state index is -0.493. The Morgan fingerprint density at radius 2 is 0.918 bits per heavy atom. The molecule has 0 saturated carbocycles. The third kappa shape index (κ3) is 9.28. The minimum absolute atomic E-state index is 0.0209. The van der Waals surface area contributed by atoms with Gasteiger partial charge in [0.25, 0.3) is 0 Å². The zero-order valence-corrected chi connectivity index (χ0v) is 38.9. The highest BCUT2D eigenvalue weighted by Crippen LogP contribution is 2.52. The van der Waals surface area contributed by atoms with Gasteiger partial charge in [-0.2, -0.15) is 0 Å². The van der Waals surface area contributed by atoms with Crippen LogP contribution in [0.15, 0.2) is 84.9 Å². The van der Waals surface area contributed by atoms with Crippen molar-refractivity contribution in [3.05, 3.63) is 107 Å². The molecule has 0 bridgehead atoms. The van der Waals surface area contributed by atoms with E-state index in [2.05, 4.69) is 117 Å². The Hall–Kier alpha value is -3.88. The second-order valence-corrected chi connectivity index (χ2v) is 20.1. The van der Waals surface area contributed by atoms with Crippen molar-refractivity contribution < 1.29 is 28.1 Å². The second-order valence-electron chi connectivity index (χ2n) is 20.1. The zero-order chi connectivity index (χ0) is 43.8. The summed E-state index contributed by atoms with van der Waals surface area (Å²) in [6, 6.07) is 28.6. The van der Waals surface area contributed by atoms with Crippen LogP contribution in [0.1, 0.15) is 167 Å². The summed E-state index contributed by atoms with van der Waals surface area (Å²) in [7, 11) is -0.986. The van der Waals surface area contributed by atoms with Crippen molar-refractivity contribution in [3.63, 3.8) is 0 Å². The SMILES string of the molecule is CCCCCCCCCCCCOc1ccc(C(=O)c2ccc(N3c4ccc(B5OC(C)(C)C(C)(C)O5)cc4C(C)(C)c4cc(B5OC(C)(C)C(C)(C)O5)ccc43)cc2)cc1. The second kappa shape index (κ2) is 17.7. The molecule has 0 N–H and O–H groups in total. The fraction of sp³-hybridized carbons (Fsp3) is 0.519. The van der Waals surface area contributed by atoms with Crippen molar-refractivity contribution in [2.45, 2.75) is 168 Å². The summed E-state index contributed by atoms with van der Waals surface area (Å²) in [4.78, 5) is 16.1. The van der Waals surface area contributed by atoms with Gasteiger partial charge >= 0.3 is 14.2 Å². The highest BCUT2D eigenvalue weighted by atomic mass is 16.7. The van der Waals surface area contributed by atoms with E-state index in [-0.39, 0.29) is 5.78 Å². The van der Waals surface area contributed by atoms with Crippen LogP contribution < -0.4 is 20.6 Å². The quantitative estimate of drug-likeness (QED) is 0.0597. The van der Waals surface area contributed by atoms with Crippen molar-refractivity contribution in [2.24, 2.45) is 0 Å². The average Bonchev–Trinajstić information content (AvgIpc) is 3.59. The van der Waals surface area contributed by atoms with E-state index in [9.17, 15) is 4.79 Å². The number of ketones is 1. The molecule has 0 spiro atoms. The van der Waals surface area contributed by atoms with Gasteiger partial charge in [0, 0.05) is 22.2 Å². The molecule has 0 radical (unpaired) electrons. The smallest absolute Gasteiger partial charge is 0.494 e. The third-order valence-corrected chi connectivity index (χ3v) is 14.2. The average molecular weight is 826 g/mol. The van der Waals surface area contributed by atoms with Crippen LogP contribution in [0.5, 0.6) is 5.75 Å². The fourth-order valence-electron chi connectivity index (χ4n) is 8.71. The number of fused-ring (bicyclic) bond motifs is 2. The Kier molecular flexibility index (Phi) is 13.1. The molecule has 324 valence electrons. The Morgan fingerprint density at radius 3 is 1.34 bits per heavy atom. The van der Waals surface area contributed by atoms with Gasteiger partial charge in [0.2, 0.25) is 0 Å². The Bertz CT molecular complexity index is 2040. The van der Waals surface area contributed by atoms with Gasteiger partial charge in [-0.15, -0.1) is 0 Å². The van der Waals surface area contributed by atoms with Gasteiger partial charge < -0.3 is 28.3 Å². The van der Waals surface area contributed by atoms with Crippen molar-refractivity contribution >= 4 is 48.0 Å². The van der Waals surface area contributed by atoms with Crippen LogP contribution in [0.4, 0.5) is 17.1 Å². The zero-order valence-electron chi connectivity index (χ0n) is 38.9. The predicted molar refractivity (Wildman–Crippen MR) is 252 cm³/mol. The first-order valence-corrected chi connectivity index (χ1v) is 23.0. The largest absolute Gasteiger partial charge is 0.494 e. The lowest BCUT2D eigenvalue weighted by Gasteiger charge is -2.42. The van der Waals surface area contributed by atoms with Crippen molar-refractivity contribution in [2.75, 3.05) is 11.5 Å². The maximum atomic E-state index is 13.8. The van der Waals surface area contributed by atoms with Gasteiger partial charge in [-0.25, -0.2) is 0 Å². The van der Waals surface area contributed by atoms with Crippen LogP contribution in [-0.4, -0.2) is 49.0 Å². The summed E-state index contributed by atoms with van der Waals surface area (Å²) >= 11 is 0. The van der Waals surface area contributed by atoms with E-state index in [4.69, 9.17) is 23.4 Å². The predicted octanol–water partition coefficient (Wildman–Crippen LogP) is 11.9. The number of nitrogens with zero attached hydrogens (tertiary/aromatic N) is 1. The molecule has 7 rings (SSSR count). The molecule has 7 nitrogen and oxygen atoms in total. The van der Waals surface area contributed by atoms with E-state index < -0.39 is 42.1 Å². The number of hydrogen-bond donors (Lipinski definition) is 0. The number of hydrogen-bond acceptors (Lipinski definition) is 7. The van der Waals surface area contributed by atoms with Gasteiger partial charge in [0.15, 0.2) is 5.78 Å². The Balaban J connectivity index is 1.10. The molecular weight excluding hydrogens is 756 g/mol. The molecule has 0 unspecified atom stereocenters. The summed E-state index contributed by atoms with van der Waals surface area (Å²) in [5, 5.41) is 0. The highest BCUT2D eigenvalue weighted by Gasteiger charge is 2.53. The molecule has 0 aromatic heterocycles. The summed E-state index contributed by atoms with van der Waals surface area (Å²) in [6.07, 6.45) is 13.0. The summed E-state index contributed by atoms with van der Waals surface area (Å²) in [5.74, 6) is 0.781. The molecule has 9 heteroatoms. The lowest BCUT2D eigenvalue weighted by molar-refractivity contribution is 0.00578. The van der Waals surface area contributed by atoms with Crippen LogP contribution >= 0.6 is 0 Å². The van der Waals surface area contributed by atoms with Crippen molar-refractivity contribution in [1.29, 1.82) is 0 Å². The maximum Gasteiger partial charge on any atom is 0.494 e. The van der Waals surface area contributed by atoms with Gasteiger partial charge in [0.1, 0.15) is 5.75 Å². The lowest BCUT2D eigenvalue weighted by Crippen LogP contribution is -2.41. The van der Waals surface area contributed by atoms with E-state index >= 15 is 0 Å². The van der Waals surface area contributed by atoms with Crippen molar-refractivity contribution in [3.8, 4) is 5.75 Å². The van der Waals surface area contributed by atoms with Gasteiger partial charge in [-0.3, -0.25) is 4.79 Å². The lowest BCUT2D eigenvalue weighted by atomic mass is 9.67. The molecule has 61 heavy (non-hydrogen) atoms. The van der Waals surface area contributed by atoms with Gasteiger partial charge in [-0.1, -0.05) is 103 Å². The van der Waals surface area contributed by atoms with Crippen LogP contribution in [0.25, 0.3) is 0 Å². The normalized spacial score (nSPS) is 19.2. The Morgan fingerprint density at radius 1 is 0.525 bits per heavy atom. The monoisotopic (exact) mass is 826 g/mol. The van der Waals surface area contributed by atoms with Gasteiger partial charge in [-0.05, 0) is 145 Å². The van der Waals surface area contributed by atoms with Crippen LogP contribution in [-0.2, 0) is 24.0 Å². The van der Waals surface area contributed by atoms with E-state index in [0.717, 1.165) is 51.3 Å². The minimum Gasteiger partial charge on any atom is -0.494 e. The van der Waals surface area contributed by atoms with Crippen LogP contribution in [0.2, 0.25) is 0 Å². The van der Waals surface area contributed by atoms with E-state index in [1.807, 2.05) is 48.5 Å². The molecule has 3 aliphatic heterocycles. The fourth-order valence-corrected chi connectivity index (χ4v) is 8.71. The highest BCUT2D eigenvalue weighted by molar-refractivity contribution is 6.62. The first kappa shape index (κ1) is 45.2. The summed E-state index contributed by atoms with van der Waals surface area (Å²) in [5.41, 5.74) is 6.37. The molecule has 2 saturated heterocycles. The van der Waals surface area contributed by atoms with Crippen LogP contribution in [0.3, 0.4) is 0 Å². The number of benzene rings is 4. The summed E-state index contributed by atoms with van der Waals surface area (Å²) < 4.78 is 32.2. The summed E-state index contributed by atoms with van der Waals surface area (Å²) in [6.45, 7) is 24.2. The van der Waals surface area contributed by atoms with E-state index in [1.165, 1.54) is 57.8 Å². The third-order valence-electron chi connectivity index (χ3n) is 14.2. The molecule has 4 aromatic rings. The number of carbonyl (C=O) groups is 1. The van der Waals surface area contributed by atoms with Crippen molar-refractivity contribution in [1.82, 2.24) is 0 Å². The number of carbonyl (C=O) groups excluding carboxylic acids is 1. The molecule has 0 atom stereocenters. The maximum absolute atomic E-state index is 13.8. The molecule has 4 aromatic carbocycles. The van der Waals surface area contributed by atoms with E-state index in [0.29, 0.717) is 17.7 Å². The first-order chi connectivity index (χ1) is 28.8. The number of ether oxygens (including phenoxy) is 1. The van der Waals surface area contributed by atoms with Gasteiger partial charge in [0.05, 0.1) is 40.4 Å². The molecule has 0 amide bonds. The topological polar surface area (TPSA) is 66.5 Å².